The number of hydrogen-bond donors (Lipinski definition) is 1. The van der Waals surface area contributed by atoms with Gasteiger partial charge in [-0.25, -0.2) is 0 Å². The summed E-state index contributed by atoms with van der Waals surface area (Å²) in [4.78, 5) is 13.7. The molecule has 0 amide bonds. The molecule has 3 heteroatoms. The summed E-state index contributed by atoms with van der Waals surface area (Å²) >= 11 is 0. The largest absolute Gasteiger partial charge is 0.481 e. The quantitative estimate of drug-likeness (QED) is 0.889. The Morgan fingerprint density at radius 2 is 2.06 bits per heavy atom. The van der Waals surface area contributed by atoms with Crippen molar-refractivity contribution < 1.29 is 9.90 Å². The van der Waals surface area contributed by atoms with E-state index in [1.165, 1.54) is 5.56 Å². The standard InChI is InChI=1S/C15H21NO2/c1-11-6-4-7-12(10-11)13(16(2)3)15(14(17)18)8-5-9-15/h4,6-7,10,13H,5,8-9H2,1-3H3,(H,17,18). The monoisotopic (exact) mass is 247 g/mol. The third-order valence-corrected chi connectivity index (χ3v) is 4.07. The van der Waals surface area contributed by atoms with Crippen LogP contribution in [0.25, 0.3) is 0 Å². The molecule has 0 aromatic heterocycles. The second-order valence-corrected chi connectivity index (χ2v) is 5.60. The van der Waals surface area contributed by atoms with Crippen LogP contribution in [-0.2, 0) is 4.79 Å². The molecule has 98 valence electrons. The van der Waals surface area contributed by atoms with Gasteiger partial charge >= 0.3 is 5.97 Å². The van der Waals surface area contributed by atoms with Crippen LogP contribution < -0.4 is 0 Å². The maximum Gasteiger partial charge on any atom is 0.311 e. The van der Waals surface area contributed by atoms with Crippen molar-refractivity contribution in [3.05, 3.63) is 35.4 Å². The van der Waals surface area contributed by atoms with Gasteiger partial charge in [-0.1, -0.05) is 36.2 Å². The van der Waals surface area contributed by atoms with E-state index in [1.54, 1.807) is 0 Å². The summed E-state index contributed by atoms with van der Waals surface area (Å²) in [6, 6.07) is 8.16. The van der Waals surface area contributed by atoms with Gasteiger partial charge in [0, 0.05) is 0 Å². The van der Waals surface area contributed by atoms with Gasteiger partial charge in [0.2, 0.25) is 0 Å². The predicted octanol–water partition coefficient (Wildman–Crippen LogP) is 2.85. The van der Waals surface area contributed by atoms with Crippen LogP contribution in [0.2, 0.25) is 0 Å². The van der Waals surface area contributed by atoms with Crippen molar-refractivity contribution in [3.8, 4) is 0 Å². The first-order valence-corrected chi connectivity index (χ1v) is 6.44. The molecule has 0 heterocycles. The van der Waals surface area contributed by atoms with Crippen LogP contribution in [0.1, 0.15) is 36.4 Å². The summed E-state index contributed by atoms with van der Waals surface area (Å²) in [5, 5.41) is 9.61. The molecule has 0 radical (unpaired) electrons. The Bertz CT molecular complexity index is 450. The maximum atomic E-state index is 11.7. The lowest BCUT2D eigenvalue weighted by Gasteiger charge is -2.47. The zero-order chi connectivity index (χ0) is 13.3. The third kappa shape index (κ3) is 2.03. The lowest BCUT2D eigenvalue weighted by molar-refractivity contribution is -0.161. The van der Waals surface area contributed by atoms with E-state index in [0.29, 0.717) is 0 Å². The number of nitrogens with zero attached hydrogens (tertiary/aromatic N) is 1. The van der Waals surface area contributed by atoms with Gasteiger partial charge in [0.15, 0.2) is 0 Å². The van der Waals surface area contributed by atoms with Crippen LogP contribution in [0, 0.1) is 12.3 Å². The van der Waals surface area contributed by atoms with Gasteiger partial charge in [-0.2, -0.15) is 0 Å². The molecule has 1 aromatic carbocycles. The minimum absolute atomic E-state index is 0.0383. The fourth-order valence-corrected chi connectivity index (χ4v) is 3.11. The molecule has 0 aliphatic heterocycles. The smallest absolute Gasteiger partial charge is 0.311 e. The average Bonchev–Trinajstić information content (AvgIpc) is 2.21. The highest BCUT2D eigenvalue weighted by molar-refractivity contribution is 5.77. The van der Waals surface area contributed by atoms with E-state index in [4.69, 9.17) is 0 Å². The fraction of sp³-hybridized carbons (Fsp3) is 0.533. The summed E-state index contributed by atoms with van der Waals surface area (Å²) in [6.45, 7) is 2.05. The molecule has 1 aliphatic carbocycles. The fourth-order valence-electron chi connectivity index (χ4n) is 3.11. The van der Waals surface area contributed by atoms with Gasteiger partial charge in [-0.05, 0) is 39.4 Å². The van der Waals surface area contributed by atoms with Crippen molar-refractivity contribution in [2.24, 2.45) is 5.41 Å². The number of carboxylic acids is 1. The van der Waals surface area contributed by atoms with E-state index in [2.05, 4.69) is 6.07 Å². The summed E-state index contributed by atoms with van der Waals surface area (Å²) < 4.78 is 0. The van der Waals surface area contributed by atoms with Crippen LogP contribution in [0.3, 0.4) is 0 Å². The highest BCUT2D eigenvalue weighted by Gasteiger charge is 2.52. The molecular formula is C15H21NO2. The van der Waals surface area contributed by atoms with Gasteiger partial charge in [0.1, 0.15) is 0 Å². The molecule has 0 bridgehead atoms. The van der Waals surface area contributed by atoms with E-state index in [9.17, 15) is 9.90 Å². The molecule has 1 N–H and O–H groups in total. The number of aliphatic carboxylic acids is 1. The van der Waals surface area contributed by atoms with E-state index in [0.717, 1.165) is 24.8 Å². The van der Waals surface area contributed by atoms with E-state index >= 15 is 0 Å². The Morgan fingerprint density at radius 1 is 1.39 bits per heavy atom. The topological polar surface area (TPSA) is 40.5 Å². The van der Waals surface area contributed by atoms with Gasteiger partial charge in [-0.3, -0.25) is 4.79 Å². The molecule has 1 saturated carbocycles. The minimum Gasteiger partial charge on any atom is -0.481 e. The van der Waals surface area contributed by atoms with Crippen LogP contribution >= 0.6 is 0 Å². The van der Waals surface area contributed by atoms with Crippen LogP contribution in [0.15, 0.2) is 24.3 Å². The molecule has 1 fully saturated rings. The molecule has 18 heavy (non-hydrogen) atoms. The molecule has 2 rings (SSSR count). The number of carboxylic acid groups (broad SMARTS) is 1. The molecule has 0 spiro atoms. The molecular weight excluding hydrogens is 226 g/mol. The Balaban J connectivity index is 2.43. The van der Waals surface area contributed by atoms with Gasteiger partial charge < -0.3 is 10.0 Å². The third-order valence-electron chi connectivity index (χ3n) is 4.07. The van der Waals surface area contributed by atoms with Gasteiger partial charge in [-0.15, -0.1) is 0 Å². The van der Waals surface area contributed by atoms with Crippen molar-refractivity contribution in [1.82, 2.24) is 4.90 Å². The summed E-state index contributed by atoms with van der Waals surface area (Å²) in [5.74, 6) is -0.658. The normalized spacial score (nSPS) is 19.3. The number of benzene rings is 1. The SMILES string of the molecule is Cc1cccc(C(N(C)C)C2(C(=O)O)CCC2)c1. The number of aryl methyl sites for hydroxylation is 1. The molecule has 1 aromatic rings. The van der Waals surface area contributed by atoms with Crippen molar-refractivity contribution in [2.45, 2.75) is 32.2 Å². The summed E-state index contributed by atoms with van der Waals surface area (Å²) in [7, 11) is 3.94. The average molecular weight is 247 g/mol. The molecule has 1 aliphatic rings. The van der Waals surface area contributed by atoms with Crippen LogP contribution in [0.5, 0.6) is 0 Å². The second kappa shape index (κ2) is 4.73. The Labute approximate surface area is 108 Å². The Kier molecular flexibility index (Phi) is 3.44. The van der Waals surface area contributed by atoms with Gasteiger partial charge in [0.05, 0.1) is 11.5 Å². The zero-order valence-corrected chi connectivity index (χ0v) is 11.3. The van der Waals surface area contributed by atoms with Crippen molar-refractivity contribution in [3.63, 3.8) is 0 Å². The highest BCUT2D eigenvalue weighted by Crippen LogP contribution is 2.52. The number of carbonyl (C=O) groups is 1. The molecule has 1 unspecified atom stereocenters. The van der Waals surface area contributed by atoms with E-state index < -0.39 is 11.4 Å². The highest BCUT2D eigenvalue weighted by atomic mass is 16.4. The summed E-state index contributed by atoms with van der Waals surface area (Å²) in [6.07, 6.45) is 2.57. The zero-order valence-electron chi connectivity index (χ0n) is 11.3. The van der Waals surface area contributed by atoms with Crippen LogP contribution in [-0.4, -0.2) is 30.1 Å². The van der Waals surface area contributed by atoms with E-state index in [1.807, 2.05) is 44.1 Å². The first-order valence-electron chi connectivity index (χ1n) is 6.44. The van der Waals surface area contributed by atoms with Crippen molar-refractivity contribution in [2.75, 3.05) is 14.1 Å². The minimum atomic E-state index is -0.658. The van der Waals surface area contributed by atoms with Crippen molar-refractivity contribution in [1.29, 1.82) is 0 Å². The number of rotatable bonds is 4. The molecule has 3 nitrogen and oxygen atoms in total. The lowest BCUT2D eigenvalue weighted by atomic mass is 9.62. The second-order valence-electron chi connectivity index (χ2n) is 5.60. The van der Waals surface area contributed by atoms with Crippen LogP contribution in [0.4, 0.5) is 0 Å². The van der Waals surface area contributed by atoms with Crippen molar-refractivity contribution >= 4 is 5.97 Å². The predicted molar refractivity (Wildman–Crippen MR) is 71.5 cm³/mol. The van der Waals surface area contributed by atoms with Gasteiger partial charge in [0.25, 0.3) is 0 Å². The lowest BCUT2D eigenvalue weighted by Crippen LogP contribution is -2.48. The summed E-state index contributed by atoms with van der Waals surface area (Å²) in [5.41, 5.74) is 1.69. The molecule has 0 saturated heterocycles. The first kappa shape index (κ1) is 13.1. The molecule has 1 atom stereocenters. The van der Waals surface area contributed by atoms with E-state index in [-0.39, 0.29) is 6.04 Å². The Morgan fingerprint density at radius 3 is 2.44 bits per heavy atom. The number of hydrogen-bond acceptors (Lipinski definition) is 2. The Hall–Kier alpha value is -1.35. The maximum absolute atomic E-state index is 11.7. The first-order chi connectivity index (χ1) is 8.47.